The summed E-state index contributed by atoms with van der Waals surface area (Å²) in [6, 6.07) is 0.517. The normalized spacial score (nSPS) is 20.9. The molecule has 0 radical (unpaired) electrons. The molecule has 0 bridgehead atoms. The van der Waals surface area contributed by atoms with Crippen LogP contribution in [-0.4, -0.2) is 36.5 Å². The minimum Gasteiger partial charge on any atom is -0.341 e. The van der Waals surface area contributed by atoms with E-state index < -0.39 is 0 Å². The van der Waals surface area contributed by atoms with Crippen LogP contribution in [0.1, 0.15) is 66.7 Å². The summed E-state index contributed by atoms with van der Waals surface area (Å²) >= 11 is 0. The maximum atomic E-state index is 12.5. The second kappa shape index (κ2) is 8.02. The van der Waals surface area contributed by atoms with Crippen molar-refractivity contribution in [1.29, 1.82) is 0 Å². The van der Waals surface area contributed by atoms with Crippen LogP contribution in [-0.2, 0) is 4.79 Å². The molecule has 0 saturated carbocycles. The molecule has 0 spiro atoms. The summed E-state index contributed by atoms with van der Waals surface area (Å²) in [5, 5.41) is 3.50. The highest BCUT2D eigenvalue weighted by molar-refractivity contribution is 5.76. The highest BCUT2D eigenvalue weighted by Crippen LogP contribution is 2.26. The van der Waals surface area contributed by atoms with E-state index in [0.717, 1.165) is 32.5 Å². The zero-order chi connectivity index (χ0) is 15.2. The Bertz CT molecular complexity index is 290. The van der Waals surface area contributed by atoms with Gasteiger partial charge in [-0.2, -0.15) is 0 Å². The summed E-state index contributed by atoms with van der Waals surface area (Å²) in [7, 11) is 0. The Balaban J connectivity index is 2.46. The average molecular weight is 282 g/mol. The molecule has 1 saturated heterocycles. The summed E-state index contributed by atoms with van der Waals surface area (Å²) in [5.41, 5.74) is 0.308. The summed E-state index contributed by atoms with van der Waals surface area (Å²) in [5.74, 6) is 0.815. The molecule has 1 aliphatic rings. The minimum absolute atomic E-state index is 0.308. The zero-order valence-electron chi connectivity index (χ0n) is 14.2. The van der Waals surface area contributed by atoms with E-state index in [-0.39, 0.29) is 0 Å². The molecule has 1 amide bonds. The van der Waals surface area contributed by atoms with Gasteiger partial charge in [-0.15, -0.1) is 0 Å². The first-order valence-corrected chi connectivity index (χ1v) is 8.33. The quantitative estimate of drug-likeness (QED) is 0.776. The van der Waals surface area contributed by atoms with Crippen LogP contribution in [0.15, 0.2) is 0 Å². The monoisotopic (exact) mass is 282 g/mol. The van der Waals surface area contributed by atoms with Crippen LogP contribution in [0.3, 0.4) is 0 Å². The molecule has 2 unspecified atom stereocenters. The van der Waals surface area contributed by atoms with E-state index in [0.29, 0.717) is 29.7 Å². The lowest BCUT2D eigenvalue weighted by Crippen LogP contribution is -2.42. The van der Waals surface area contributed by atoms with E-state index in [9.17, 15) is 4.79 Å². The fraction of sp³-hybridized carbons (Fsp3) is 0.941. The van der Waals surface area contributed by atoms with Gasteiger partial charge in [0.15, 0.2) is 0 Å². The fourth-order valence-corrected chi connectivity index (χ4v) is 3.31. The molecule has 0 aromatic heterocycles. The largest absolute Gasteiger partial charge is 0.341 e. The van der Waals surface area contributed by atoms with Crippen LogP contribution in [0.5, 0.6) is 0 Å². The number of carbonyl (C=O) groups is 1. The number of amides is 1. The van der Waals surface area contributed by atoms with Gasteiger partial charge in [0.05, 0.1) is 0 Å². The smallest absolute Gasteiger partial charge is 0.222 e. The van der Waals surface area contributed by atoms with Crippen LogP contribution in [0, 0.1) is 11.3 Å². The SMILES string of the molecule is CCCN(CC1CCCN1)C(=O)CC(C)CC(C)(C)C. The Labute approximate surface area is 125 Å². The van der Waals surface area contributed by atoms with Crippen molar-refractivity contribution >= 4 is 5.91 Å². The van der Waals surface area contributed by atoms with Crippen LogP contribution >= 0.6 is 0 Å². The van der Waals surface area contributed by atoms with E-state index in [2.05, 4.69) is 44.8 Å². The van der Waals surface area contributed by atoms with Crippen molar-refractivity contribution in [2.75, 3.05) is 19.6 Å². The van der Waals surface area contributed by atoms with Gasteiger partial charge in [-0.3, -0.25) is 4.79 Å². The lowest BCUT2D eigenvalue weighted by molar-refractivity contribution is -0.132. The third kappa shape index (κ3) is 6.74. The van der Waals surface area contributed by atoms with E-state index in [4.69, 9.17) is 0 Å². The Morgan fingerprint density at radius 1 is 1.40 bits per heavy atom. The minimum atomic E-state index is 0.308. The number of hydrogen-bond donors (Lipinski definition) is 1. The van der Waals surface area contributed by atoms with Gasteiger partial charge in [0.2, 0.25) is 5.91 Å². The molecule has 3 heteroatoms. The van der Waals surface area contributed by atoms with Gasteiger partial charge in [-0.25, -0.2) is 0 Å². The summed E-state index contributed by atoms with van der Waals surface area (Å²) < 4.78 is 0. The van der Waals surface area contributed by atoms with E-state index >= 15 is 0 Å². The van der Waals surface area contributed by atoms with Crippen molar-refractivity contribution in [2.24, 2.45) is 11.3 Å². The maximum Gasteiger partial charge on any atom is 0.222 e. The topological polar surface area (TPSA) is 32.3 Å². The summed E-state index contributed by atoms with van der Waals surface area (Å²) in [6.45, 7) is 14.0. The average Bonchev–Trinajstić information content (AvgIpc) is 2.78. The van der Waals surface area contributed by atoms with E-state index in [1.54, 1.807) is 0 Å². The molecular formula is C17H34N2O. The van der Waals surface area contributed by atoms with Gasteiger partial charge >= 0.3 is 0 Å². The van der Waals surface area contributed by atoms with Gasteiger partial charge in [0.25, 0.3) is 0 Å². The van der Waals surface area contributed by atoms with E-state index in [1.165, 1.54) is 12.8 Å². The number of nitrogens with one attached hydrogen (secondary N) is 1. The molecule has 0 aromatic rings. The third-order valence-electron chi connectivity index (χ3n) is 3.93. The van der Waals surface area contributed by atoms with Crippen molar-refractivity contribution in [1.82, 2.24) is 10.2 Å². The molecule has 0 aliphatic carbocycles. The van der Waals surface area contributed by atoms with Crippen molar-refractivity contribution in [3.8, 4) is 0 Å². The summed E-state index contributed by atoms with van der Waals surface area (Å²) in [6.07, 6.45) is 5.32. The maximum absolute atomic E-state index is 12.5. The molecule has 20 heavy (non-hydrogen) atoms. The third-order valence-corrected chi connectivity index (χ3v) is 3.93. The second-order valence-corrected chi connectivity index (χ2v) is 7.71. The molecule has 1 aliphatic heterocycles. The Morgan fingerprint density at radius 2 is 2.10 bits per heavy atom. The molecule has 1 N–H and O–H groups in total. The predicted octanol–water partition coefficient (Wildman–Crippen LogP) is 3.44. The zero-order valence-corrected chi connectivity index (χ0v) is 14.2. The first-order chi connectivity index (χ1) is 9.31. The lowest BCUT2D eigenvalue weighted by atomic mass is 9.84. The molecule has 0 aromatic carbocycles. The molecule has 2 atom stereocenters. The van der Waals surface area contributed by atoms with Crippen LogP contribution < -0.4 is 5.32 Å². The predicted molar refractivity (Wildman–Crippen MR) is 85.7 cm³/mol. The molecule has 1 rings (SSSR count). The van der Waals surface area contributed by atoms with Crippen molar-refractivity contribution in [3.05, 3.63) is 0 Å². The number of nitrogens with zero attached hydrogens (tertiary/aromatic N) is 1. The molecule has 3 nitrogen and oxygen atoms in total. The standard InChI is InChI=1S/C17H34N2O/c1-6-10-19(13-15-8-7-9-18-15)16(20)11-14(2)12-17(3,4)5/h14-15,18H,6-13H2,1-5H3. The van der Waals surface area contributed by atoms with Gasteiger partial charge < -0.3 is 10.2 Å². The molecular weight excluding hydrogens is 248 g/mol. The van der Waals surface area contributed by atoms with Gasteiger partial charge in [-0.1, -0.05) is 34.6 Å². The van der Waals surface area contributed by atoms with Crippen LogP contribution in [0.4, 0.5) is 0 Å². The van der Waals surface area contributed by atoms with Crippen molar-refractivity contribution in [3.63, 3.8) is 0 Å². The second-order valence-electron chi connectivity index (χ2n) is 7.71. The lowest BCUT2D eigenvalue weighted by Gasteiger charge is -2.28. The molecule has 118 valence electrons. The van der Waals surface area contributed by atoms with Gasteiger partial charge in [-0.05, 0) is 43.6 Å². The highest BCUT2D eigenvalue weighted by atomic mass is 16.2. The Morgan fingerprint density at radius 3 is 2.60 bits per heavy atom. The van der Waals surface area contributed by atoms with Crippen molar-refractivity contribution in [2.45, 2.75) is 72.8 Å². The van der Waals surface area contributed by atoms with Gasteiger partial charge in [0.1, 0.15) is 0 Å². The first-order valence-electron chi connectivity index (χ1n) is 8.33. The van der Waals surface area contributed by atoms with E-state index in [1.807, 2.05) is 0 Å². The first kappa shape index (κ1) is 17.5. The Hall–Kier alpha value is -0.570. The van der Waals surface area contributed by atoms with Gasteiger partial charge in [0, 0.05) is 25.6 Å². The summed E-state index contributed by atoms with van der Waals surface area (Å²) in [4.78, 5) is 14.6. The number of hydrogen-bond acceptors (Lipinski definition) is 2. The highest BCUT2D eigenvalue weighted by Gasteiger charge is 2.23. The van der Waals surface area contributed by atoms with Crippen molar-refractivity contribution < 1.29 is 4.79 Å². The van der Waals surface area contributed by atoms with Crippen LogP contribution in [0.25, 0.3) is 0 Å². The Kier molecular flexibility index (Phi) is 7.01. The number of carbonyl (C=O) groups excluding carboxylic acids is 1. The number of rotatable bonds is 7. The molecule has 1 fully saturated rings. The van der Waals surface area contributed by atoms with Crippen LogP contribution in [0.2, 0.25) is 0 Å². The fourth-order valence-electron chi connectivity index (χ4n) is 3.31. The molecule has 1 heterocycles.